The third-order valence-electron chi connectivity index (χ3n) is 4.15. The number of nitrogens with zero attached hydrogens (tertiary/aromatic N) is 5. The number of allylic oxidation sites excluding steroid dienone is 1. The van der Waals surface area contributed by atoms with Crippen LogP contribution in [0.3, 0.4) is 0 Å². The van der Waals surface area contributed by atoms with E-state index < -0.39 is 0 Å². The lowest BCUT2D eigenvalue weighted by molar-refractivity contribution is 0.880. The van der Waals surface area contributed by atoms with E-state index in [-0.39, 0.29) is 0 Å². The number of benzene rings is 2. The van der Waals surface area contributed by atoms with Gasteiger partial charge in [0, 0.05) is 23.8 Å². The highest BCUT2D eigenvalue weighted by Gasteiger charge is 2.12. The summed E-state index contributed by atoms with van der Waals surface area (Å²) >= 11 is 5.92. The van der Waals surface area contributed by atoms with Crippen LogP contribution in [0.5, 0.6) is 0 Å². The molecule has 0 aliphatic carbocycles. The van der Waals surface area contributed by atoms with Gasteiger partial charge in [-0.3, -0.25) is 0 Å². The molecule has 2 aromatic heterocycles. The topological polar surface area (TPSA) is 59.4 Å². The van der Waals surface area contributed by atoms with Crippen molar-refractivity contribution >= 4 is 34.3 Å². The number of nitriles is 1. The zero-order chi connectivity index (χ0) is 18.1. The van der Waals surface area contributed by atoms with Gasteiger partial charge < -0.3 is 4.57 Å². The van der Waals surface area contributed by atoms with Gasteiger partial charge in [0.05, 0.1) is 28.5 Å². The second-order valence-electron chi connectivity index (χ2n) is 5.85. The second kappa shape index (κ2) is 6.51. The van der Waals surface area contributed by atoms with Gasteiger partial charge in [-0.2, -0.15) is 10.4 Å². The molecular formula is C20H14ClN5. The molecule has 0 aliphatic rings. The number of aryl methyl sites for hydroxylation is 1. The van der Waals surface area contributed by atoms with Crippen LogP contribution >= 0.6 is 11.6 Å². The zero-order valence-corrected chi connectivity index (χ0v) is 14.7. The Kier molecular flexibility index (Phi) is 4.04. The number of hydrogen-bond donors (Lipinski definition) is 0. The average molecular weight is 360 g/mol. The molecule has 5 nitrogen and oxygen atoms in total. The smallest absolute Gasteiger partial charge is 0.151 e. The van der Waals surface area contributed by atoms with Gasteiger partial charge in [0.2, 0.25) is 0 Å². The van der Waals surface area contributed by atoms with E-state index >= 15 is 0 Å². The lowest BCUT2D eigenvalue weighted by atomic mass is 10.2. The Morgan fingerprint density at radius 3 is 2.65 bits per heavy atom. The first-order valence-electron chi connectivity index (χ1n) is 8.00. The minimum absolute atomic E-state index is 0.486. The van der Waals surface area contributed by atoms with Gasteiger partial charge in [0.15, 0.2) is 5.82 Å². The molecule has 0 aliphatic heterocycles. The van der Waals surface area contributed by atoms with Crippen LogP contribution < -0.4 is 0 Å². The number of hydrogen-bond acceptors (Lipinski definition) is 3. The van der Waals surface area contributed by atoms with E-state index in [1.807, 2.05) is 66.3 Å². The van der Waals surface area contributed by atoms with Gasteiger partial charge >= 0.3 is 0 Å². The minimum atomic E-state index is 0.486. The molecule has 0 fully saturated rings. The molecule has 4 aromatic rings. The van der Waals surface area contributed by atoms with Crippen LogP contribution in [-0.4, -0.2) is 19.3 Å². The molecule has 2 heterocycles. The summed E-state index contributed by atoms with van der Waals surface area (Å²) in [6.45, 7) is 0. The summed E-state index contributed by atoms with van der Waals surface area (Å²) in [5.74, 6) is 0.632. The van der Waals surface area contributed by atoms with E-state index in [0.717, 1.165) is 22.3 Å². The van der Waals surface area contributed by atoms with Gasteiger partial charge in [-0.15, -0.1) is 0 Å². The monoisotopic (exact) mass is 359 g/mol. The van der Waals surface area contributed by atoms with E-state index in [4.69, 9.17) is 11.6 Å². The molecule has 0 bridgehead atoms. The SMILES string of the molecule is Cn1c(/C(C#N)=C/c2cnn(-c3ccc(Cl)cc3)c2)nc2ccccc21. The summed E-state index contributed by atoms with van der Waals surface area (Å²) in [7, 11) is 1.91. The first kappa shape index (κ1) is 16.1. The number of halogens is 1. The maximum absolute atomic E-state index is 9.63. The summed E-state index contributed by atoms with van der Waals surface area (Å²) in [5.41, 5.74) is 4.06. The van der Waals surface area contributed by atoms with Crippen molar-refractivity contribution in [3.05, 3.63) is 77.3 Å². The van der Waals surface area contributed by atoms with Crippen molar-refractivity contribution in [1.29, 1.82) is 5.26 Å². The minimum Gasteiger partial charge on any atom is -0.327 e. The van der Waals surface area contributed by atoms with Crippen molar-refractivity contribution in [2.75, 3.05) is 0 Å². The Bertz CT molecular complexity index is 1160. The van der Waals surface area contributed by atoms with Gasteiger partial charge in [-0.1, -0.05) is 23.7 Å². The van der Waals surface area contributed by atoms with E-state index in [9.17, 15) is 5.26 Å². The second-order valence-corrected chi connectivity index (χ2v) is 6.28. The molecule has 2 aromatic carbocycles. The zero-order valence-electron chi connectivity index (χ0n) is 14.0. The molecular weight excluding hydrogens is 346 g/mol. The van der Waals surface area contributed by atoms with Gasteiger partial charge in [0.1, 0.15) is 6.07 Å². The van der Waals surface area contributed by atoms with Gasteiger partial charge in [-0.05, 0) is 42.5 Å². The highest BCUT2D eigenvalue weighted by molar-refractivity contribution is 6.30. The maximum atomic E-state index is 9.63. The summed E-state index contributed by atoms with van der Waals surface area (Å²) in [5, 5.41) is 14.7. The molecule has 26 heavy (non-hydrogen) atoms. The first-order valence-corrected chi connectivity index (χ1v) is 8.38. The molecule has 4 rings (SSSR count). The number of rotatable bonds is 3. The van der Waals surface area contributed by atoms with Crippen LogP contribution in [0.1, 0.15) is 11.4 Å². The molecule has 0 saturated carbocycles. The highest BCUT2D eigenvalue weighted by Crippen LogP contribution is 2.22. The number of imidazole rings is 1. The van der Waals surface area contributed by atoms with Crippen LogP contribution in [0.2, 0.25) is 5.02 Å². The van der Waals surface area contributed by atoms with Crippen LogP contribution in [0.25, 0.3) is 28.4 Å². The Hall–Kier alpha value is -3.36. The third kappa shape index (κ3) is 2.87. The molecule has 0 spiro atoms. The largest absolute Gasteiger partial charge is 0.327 e. The summed E-state index contributed by atoms with van der Waals surface area (Å²) in [6.07, 6.45) is 5.37. The molecule has 0 N–H and O–H groups in total. The number of fused-ring (bicyclic) bond motifs is 1. The Morgan fingerprint density at radius 1 is 1.15 bits per heavy atom. The van der Waals surface area contributed by atoms with E-state index in [1.165, 1.54) is 0 Å². The molecule has 0 saturated heterocycles. The standard InChI is InChI=1S/C20H14ClN5/c1-25-19-5-3-2-4-18(19)24-20(25)15(11-22)10-14-12-23-26(13-14)17-8-6-16(21)7-9-17/h2-10,12-13H,1H3/b15-10+. The fourth-order valence-electron chi connectivity index (χ4n) is 2.85. The van der Waals surface area contributed by atoms with Crippen molar-refractivity contribution in [3.8, 4) is 11.8 Å². The number of aromatic nitrogens is 4. The van der Waals surface area contributed by atoms with E-state index in [1.54, 1.807) is 17.0 Å². The number of para-hydroxylation sites is 2. The third-order valence-corrected chi connectivity index (χ3v) is 4.41. The Morgan fingerprint density at radius 2 is 1.92 bits per heavy atom. The fourth-order valence-corrected chi connectivity index (χ4v) is 2.97. The normalized spacial score (nSPS) is 11.7. The predicted molar refractivity (Wildman–Crippen MR) is 103 cm³/mol. The summed E-state index contributed by atoms with van der Waals surface area (Å²) in [6, 6.07) is 17.5. The molecule has 126 valence electrons. The first-order chi connectivity index (χ1) is 12.7. The van der Waals surface area contributed by atoms with Crippen molar-refractivity contribution in [1.82, 2.24) is 19.3 Å². The van der Waals surface area contributed by atoms with Crippen molar-refractivity contribution in [3.63, 3.8) is 0 Å². The van der Waals surface area contributed by atoms with Crippen LogP contribution in [-0.2, 0) is 7.05 Å². The lowest BCUT2D eigenvalue weighted by Crippen LogP contribution is -1.96. The van der Waals surface area contributed by atoms with Gasteiger partial charge in [-0.25, -0.2) is 9.67 Å². The van der Waals surface area contributed by atoms with E-state index in [2.05, 4.69) is 16.2 Å². The van der Waals surface area contributed by atoms with E-state index in [0.29, 0.717) is 16.4 Å². The Labute approximate surface area is 155 Å². The maximum Gasteiger partial charge on any atom is 0.151 e. The van der Waals surface area contributed by atoms with Crippen LogP contribution in [0.15, 0.2) is 60.9 Å². The molecule has 0 atom stereocenters. The van der Waals surface area contributed by atoms with Crippen molar-refractivity contribution in [2.24, 2.45) is 7.05 Å². The molecule has 0 radical (unpaired) electrons. The molecule has 0 unspecified atom stereocenters. The van der Waals surface area contributed by atoms with Crippen molar-refractivity contribution < 1.29 is 0 Å². The fraction of sp³-hybridized carbons (Fsp3) is 0.0500. The van der Waals surface area contributed by atoms with Crippen LogP contribution in [0.4, 0.5) is 0 Å². The molecule has 6 heteroatoms. The highest BCUT2D eigenvalue weighted by atomic mass is 35.5. The van der Waals surface area contributed by atoms with Crippen LogP contribution in [0, 0.1) is 11.3 Å². The van der Waals surface area contributed by atoms with Gasteiger partial charge in [0.25, 0.3) is 0 Å². The summed E-state index contributed by atoms with van der Waals surface area (Å²) in [4.78, 5) is 4.58. The van der Waals surface area contributed by atoms with Crippen molar-refractivity contribution in [2.45, 2.75) is 0 Å². The average Bonchev–Trinajstić information content (AvgIpc) is 3.26. The Balaban J connectivity index is 1.73. The lowest BCUT2D eigenvalue weighted by Gasteiger charge is -2.01. The summed E-state index contributed by atoms with van der Waals surface area (Å²) < 4.78 is 3.67. The quantitative estimate of drug-likeness (QED) is 0.507. The predicted octanol–water partition coefficient (Wildman–Crippen LogP) is 4.48. The molecule has 0 amide bonds.